The second kappa shape index (κ2) is 5.84. The van der Waals surface area contributed by atoms with Crippen molar-refractivity contribution in [3.63, 3.8) is 0 Å². The molecule has 3 aromatic heterocycles. The van der Waals surface area contributed by atoms with E-state index in [-0.39, 0.29) is 11.8 Å². The van der Waals surface area contributed by atoms with Crippen molar-refractivity contribution in [2.24, 2.45) is 0 Å². The lowest BCUT2D eigenvalue weighted by molar-refractivity contribution is -0.116. The number of carbonyl (C=O) groups is 1. The molecule has 0 saturated carbocycles. The monoisotopic (exact) mass is 344 g/mol. The number of nitrogens with one attached hydrogen (secondary N) is 1. The number of rotatable bonds is 3. The minimum atomic E-state index is -0.131. The van der Waals surface area contributed by atoms with E-state index in [9.17, 15) is 4.79 Å². The van der Waals surface area contributed by atoms with E-state index in [0.29, 0.717) is 13.0 Å². The normalized spacial score (nSPS) is 16.5. The summed E-state index contributed by atoms with van der Waals surface area (Å²) in [5, 5.41) is 8.49. The minimum absolute atomic E-state index is 0.0316. The van der Waals surface area contributed by atoms with Crippen LogP contribution < -0.4 is 5.32 Å². The number of aromatic nitrogens is 3. The minimum Gasteiger partial charge on any atom is -0.460 e. The molecule has 1 aromatic carbocycles. The fourth-order valence-corrected chi connectivity index (χ4v) is 3.48. The van der Waals surface area contributed by atoms with E-state index in [1.807, 2.05) is 48.7 Å². The van der Waals surface area contributed by atoms with Crippen LogP contribution in [-0.2, 0) is 11.3 Å². The quantitative estimate of drug-likeness (QED) is 0.617. The molecule has 4 heterocycles. The average molecular weight is 344 g/mol. The van der Waals surface area contributed by atoms with Crippen LogP contribution in [0, 0.1) is 0 Å². The van der Waals surface area contributed by atoms with Crippen molar-refractivity contribution in [2.75, 3.05) is 5.32 Å². The van der Waals surface area contributed by atoms with Gasteiger partial charge < -0.3 is 9.73 Å². The number of benzene rings is 1. The van der Waals surface area contributed by atoms with E-state index >= 15 is 0 Å². The zero-order chi connectivity index (χ0) is 17.5. The van der Waals surface area contributed by atoms with E-state index in [1.165, 1.54) is 0 Å². The van der Waals surface area contributed by atoms with Crippen LogP contribution in [0.4, 0.5) is 5.82 Å². The summed E-state index contributed by atoms with van der Waals surface area (Å²) in [5.41, 5.74) is 2.84. The van der Waals surface area contributed by atoms with Gasteiger partial charge in [-0.3, -0.25) is 9.78 Å². The number of para-hydroxylation sites is 1. The molecule has 0 fully saturated rings. The molecule has 5 rings (SSSR count). The predicted molar refractivity (Wildman–Crippen MR) is 96.9 cm³/mol. The van der Waals surface area contributed by atoms with Gasteiger partial charge >= 0.3 is 0 Å². The summed E-state index contributed by atoms with van der Waals surface area (Å²) < 4.78 is 7.82. The first kappa shape index (κ1) is 14.9. The Labute approximate surface area is 149 Å². The van der Waals surface area contributed by atoms with Crippen LogP contribution in [0.5, 0.6) is 0 Å². The Hall–Kier alpha value is -3.41. The van der Waals surface area contributed by atoms with Crippen LogP contribution in [0.1, 0.15) is 29.2 Å². The molecule has 26 heavy (non-hydrogen) atoms. The maximum atomic E-state index is 12.3. The van der Waals surface area contributed by atoms with Gasteiger partial charge in [-0.1, -0.05) is 24.3 Å². The molecule has 0 unspecified atom stereocenters. The molecule has 128 valence electrons. The topological polar surface area (TPSA) is 73.0 Å². The summed E-state index contributed by atoms with van der Waals surface area (Å²) in [6.07, 6.45) is 5.71. The van der Waals surface area contributed by atoms with Gasteiger partial charge in [0.05, 0.1) is 18.7 Å². The van der Waals surface area contributed by atoms with Gasteiger partial charge in [-0.25, -0.2) is 4.68 Å². The summed E-state index contributed by atoms with van der Waals surface area (Å²) in [6, 6.07) is 13.8. The van der Waals surface area contributed by atoms with Crippen molar-refractivity contribution in [3.8, 4) is 0 Å². The van der Waals surface area contributed by atoms with Gasteiger partial charge in [0.15, 0.2) is 0 Å². The van der Waals surface area contributed by atoms with E-state index in [2.05, 4.69) is 15.4 Å². The molecular weight excluding hydrogens is 328 g/mol. The zero-order valence-electron chi connectivity index (χ0n) is 13.9. The molecule has 0 aliphatic carbocycles. The van der Waals surface area contributed by atoms with Crippen molar-refractivity contribution < 1.29 is 9.21 Å². The highest BCUT2D eigenvalue weighted by molar-refractivity contribution is 5.94. The highest BCUT2D eigenvalue weighted by atomic mass is 16.3. The number of pyridine rings is 1. The molecule has 0 spiro atoms. The molecule has 0 radical (unpaired) electrons. The molecule has 1 aliphatic rings. The summed E-state index contributed by atoms with van der Waals surface area (Å²) in [6.45, 7) is 0.552. The first-order valence-electron chi connectivity index (χ1n) is 8.51. The van der Waals surface area contributed by atoms with Gasteiger partial charge in [0.1, 0.15) is 17.2 Å². The highest BCUT2D eigenvalue weighted by Gasteiger charge is 2.32. The molecule has 0 saturated heterocycles. The van der Waals surface area contributed by atoms with Crippen molar-refractivity contribution in [1.29, 1.82) is 0 Å². The number of hydrogen-bond acceptors (Lipinski definition) is 4. The van der Waals surface area contributed by atoms with Gasteiger partial charge in [-0.15, -0.1) is 0 Å². The number of nitrogens with zero attached hydrogens (tertiary/aromatic N) is 3. The van der Waals surface area contributed by atoms with Crippen LogP contribution in [0.15, 0.2) is 65.5 Å². The van der Waals surface area contributed by atoms with Gasteiger partial charge in [-0.2, -0.15) is 5.10 Å². The van der Waals surface area contributed by atoms with E-state index in [4.69, 9.17) is 4.42 Å². The number of carbonyl (C=O) groups excluding carboxylic acids is 1. The summed E-state index contributed by atoms with van der Waals surface area (Å²) in [4.78, 5) is 16.5. The second-order valence-corrected chi connectivity index (χ2v) is 6.46. The third-order valence-corrected chi connectivity index (χ3v) is 4.73. The van der Waals surface area contributed by atoms with E-state index in [1.54, 1.807) is 17.1 Å². The van der Waals surface area contributed by atoms with E-state index < -0.39 is 0 Å². The number of hydrogen-bond donors (Lipinski definition) is 1. The van der Waals surface area contributed by atoms with Crippen molar-refractivity contribution in [1.82, 2.24) is 14.8 Å². The number of fused-ring (bicyclic) bond motifs is 2. The van der Waals surface area contributed by atoms with Gasteiger partial charge in [0.25, 0.3) is 0 Å². The fraction of sp³-hybridized carbons (Fsp3) is 0.150. The van der Waals surface area contributed by atoms with Crippen molar-refractivity contribution in [2.45, 2.75) is 18.9 Å². The summed E-state index contributed by atoms with van der Waals surface area (Å²) >= 11 is 0. The van der Waals surface area contributed by atoms with Crippen molar-refractivity contribution >= 4 is 22.7 Å². The lowest BCUT2D eigenvalue weighted by Crippen LogP contribution is -2.24. The van der Waals surface area contributed by atoms with Crippen LogP contribution in [0.25, 0.3) is 11.0 Å². The standard InChI is InChI=1S/C20H16N4O2/c25-19-9-15(18-8-14-5-1-2-6-17(14)26-18)16-11-22-24(20(16)23-19)12-13-4-3-7-21-10-13/h1-8,10-11,15H,9,12H2,(H,23,25)/t15-/m0/s1. The summed E-state index contributed by atoms with van der Waals surface area (Å²) in [5.74, 6) is 1.36. The fourth-order valence-electron chi connectivity index (χ4n) is 3.48. The maximum absolute atomic E-state index is 12.3. The number of furan rings is 1. The Morgan fingerprint density at radius 2 is 2.12 bits per heavy atom. The van der Waals surface area contributed by atoms with Gasteiger partial charge in [0.2, 0.25) is 5.91 Å². The van der Waals surface area contributed by atoms with Crippen LogP contribution in [0.3, 0.4) is 0 Å². The molecule has 4 aromatic rings. The Bertz CT molecular complexity index is 1060. The van der Waals surface area contributed by atoms with E-state index in [0.717, 1.165) is 33.7 Å². The van der Waals surface area contributed by atoms with Crippen molar-refractivity contribution in [3.05, 3.63) is 77.9 Å². The Morgan fingerprint density at radius 3 is 2.96 bits per heavy atom. The molecule has 6 nitrogen and oxygen atoms in total. The molecule has 1 aliphatic heterocycles. The Balaban J connectivity index is 1.55. The Morgan fingerprint density at radius 1 is 1.19 bits per heavy atom. The largest absolute Gasteiger partial charge is 0.460 e. The SMILES string of the molecule is O=C1C[C@H](c2cc3ccccc3o2)c2cnn(Cc3cccnc3)c2N1. The van der Waals surface area contributed by atoms with Gasteiger partial charge in [0, 0.05) is 29.8 Å². The predicted octanol–water partition coefficient (Wildman–Crippen LogP) is 3.55. The zero-order valence-corrected chi connectivity index (χ0v) is 13.9. The third-order valence-electron chi connectivity index (χ3n) is 4.73. The first-order valence-corrected chi connectivity index (χ1v) is 8.51. The molecule has 6 heteroatoms. The number of anilines is 1. The highest BCUT2D eigenvalue weighted by Crippen LogP contribution is 2.39. The van der Waals surface area contributed by atoms with Crippen LogP contribution >= 0.6 is 0 Å². The molecule has 1 atom stereocenters. The lowest BCUT2D eigenvalue weighted by Gasteiger charge is -2.22. The summed E-state index contributed by atoms with van der Waals surface area (Å²) in [7, 11) is 0. The average Bonchev–Trinajstić information content (AvgIpc) is 3.26. The lowest BCUT2D eigenvalue weighted by atomic mass is 9.92. The molecule has 1 amide bonds. The number of amides is 1. The maximum Gasteiger partial charge on any atom is 0.226 e. The smallest absolute Gasteiger partial charge is 0.226 e. The van der Waals surface area contributed by atoms with Crippen LogP contribution in [0.2, 0.25) is 0 Å². The van der Waals surface area contributed by atoms with Gasteiger partial charge in [-0.05, 0) is 23.8 Å². The molecule has 0 bridgehead atoms. The molecular formula is C20H16N4O2. The first-order chi connectivity index (χ1) is 12.8. The molecule has 1 N–H and O–H groups in total. The van der Waals surface area contributed by atoms with Crippen LogP contribution in [-0.4, -0.2) is 20.7 Å². The third kappa shape index (κ3) is 2.47. The second-order valence-electron chi connectivity index (χ2n) is 6.46. The Kier molecular flexibility index (Phi) is 3.35.